The van der Waals surface area contributed by atoms with Crippen LogP contribution in [-0.4, -0.2) is 20.9 Å². The maximum Gasteiger partial charge on any atom is 0.356 e. The van der Waals surface area contributed by atoms with Crippen LogP contribution in [0.3, 0.4) is 0 Å². The van der Waals surface area contributed by atoms with Crippen LogP contribution in [0.25, 0.3) is 5.69 Å². The second-order valence-electron chi connectivity index (χ2n) is 3.37. The van der Waals surface area contributed by atoms with Crippen molar-refractivity contribution in [3.63, 3.8) is 0 Å². The fourth-order valence-electron chi connectivity index (χ4n) is 1.35. The Balaban J connectivity index is 2.66. The van der Waals surface area contributed by atoms with Crippen molar-refractivity contribution in [3.8, 4) is 5.69 Å². The molecule has 0 saturated carbocycles. The van der Waals surface area contributed by atoms with Crippen LogP contribution in [0.15, 0.2) is 35.1 Å². The fraction of sp³-hybridized carbons (Fsp3) is 0. The van der Waals surface area contributed by atoms with Crippen LogP contribution >= 0.6 is 23.2 Å². The molecule has 0 fully saturated rings. The highest BCUT2D eigenvalue weighted by atomic mass is 35.5. The number of rotatable bonds is 2. The van der Waals surface area contributed by atoms with Gasteiger partial charge in [-0.25, -0.2) is 4.79 Å². The van der Waals surface area contributed by atoms with Gasteiger partial charge in [0.1, 0.15) is 0 Å². The molecular weight excluding hydrogens is 279 g/mol. The van der Waals surface area contributed by atoms with Gasteiger partial charge in [0.15, 0.2) is 5.69 Å². The van der Waals surface area contributed by atoms with Gasteiger partial charge in [-0.1, -0.05) is 23.2 Å². The van der Waals surface area contributed by atoms with Gasteiger partial charge < -0.3 is 5.11 Å². The van der Waals surface area contributed by atoms with Gasteiger partial charge in [0.2, 0.25) is 0 Å². The van der Waals surface area contributed by atoms with Crippen LogP contribution < -0.4 is 5.56 Å². The average Bonchev–Trinajstić information content (AvgIpc) is 2.30. The predicted octanol–water partition coefficient (Wildman–Crippen LogP) is 2.24. The zero-order valence-electron chi connectivity index (χ0n) is 8.80. The largest absolute Gasteiger partial charge is 0.476 e. The SMILES string of the molecule is O=C(O)c1ccc(=O)n(-c2ccc(Cl)cc2Cl)n1. The number of nitrogens with zero attached hydrogens (tertiary/aromatic N) is 2. The summed E-state index contributed by atoms with van der Waals surface area (Å²) < 4.78 is 0.919. The molecule has 0 aliphatic rings. The van der Waals surface area contributed by atoms with Gasteiger partial charge in [0, 0.05) is 11.1 Å². The first-order valence-electron chi connectivity index (χ1n) is 4.78. The second-order valence-corrected chi connectivity index (χ2v) is 4.21. The van der Waals surface area contributed by atoms with Crippen molar-refractivity contribution in [2.75, 3.05) is 0 Å². The molecule has 1 aromatic carbocycles. The molecule has 0 amide bonds. The molecule has 0 spiro atoms. The first-order chi connectivity index (χ1) is 8.49. The van der Waals surface area contributed by atoms with E-state index in [0.717, 1.165) is 16.8 Å². The maximum atomic E-state index is 11.6. The molecule has 0 saturated heterocycles. The third-order valence-corrected chi connectivity index (χ3v) is 2.70. The van der Waals surface area contributed by atoms with Crippen molar-refractivity contribution in [3.05, 3.63) is 56.4 Å². The molecule has 7 heteroatoms. The molecule has 1 N–H and O–H groups in total. The lowest BCUT2D eigenvalue weighted by Gasteiger charge is -2.07. The minimum atomic E-state index is -1.23. The van der Waals surface area contributed by atoms with E-state index in [1.54, 1.807) is 0 Å². The van der Waals surface area contributed by atoms with Gasteiger partial charge in [-0.15, -0.1) is 0 Å². The van der Waals surface area contributed by atoms with E-state index in [1.165, 1.54) is 18.2 Å². The number of carbonyl (C=O) groups is 1. The number of halogens is 2. The third kappa shape index (κ3) is 2.37. The zero-order valence-corrected chi connectivity index (χ0v) is 10.3. The quantitative estimate of drug-likeness (QED) is 0.918. The lowest BCUT2D eigenvalue weighted by molar-refractivity contribution is 0.0688. The van der Waals surface area contributed by atoms with Crippen molar-refractivity contribution in [2.24, 2.45) is 0 Å². The number of aromatic carboxylic acids is 1. The maximum absolute atomic E-state index is 11.6. The smallest absolute Gasteiger partial charge is 0.356 e. The first-order valence-corrected chi connectivity index (χ1v) is 5.54. The molecule has 0 aliphatic heterocycles. The Morgan fingerprint density at radius 3 is 2.56 bits per heavy atom. The standard InChI is InChI=1S/C11H6Cl2N2O3/c12-6-1-3-9(7(13)5-6)15-10(16)4-2-8(14-15)11(17)18/h1-5H,(H,17,18). The van der Waals surface area contributed by atoms with E-state index < -0.39 is 11.5 Å². The minimum Gasteiger partial charge on any atom is -0.476 e. The normalized spacial score (nSPS) is 10.3. The van der Waals surface area contributed by atoms with E-state index in [2.05, 4.69) is 5.10 Å². The van der Waals surface area contributed by atoms with Crippen LogP contribution in [0.1, 0.15) is 10.5 Å². The van der Waals surface area contributed by atoms with E-state index in [9.17, 15) is 9.59 Å². The molecule has 0 atom stereocenters. The minimum absolute atomic E-state index is 0.208. The zero-order chi connectivity index (χ0) is 13.3. The van der Waals surface area contributed by atoms with Gasteiger partial charge in [0.25, 0.3) is 5.56 Å². The number of carboxylic acid groups (broad SMARTS) is 1. The monoisotopic (exact) mass is 284 g/mol. The summed E-state index contributed by atoms with van der Waals surface area (Å²) in [6, 6.07) is 6.71. The first kappa shape index (κ1) is 12.6. The van der Waals surface area contributed by atoms with E-state index in [-0.39, 0.29) is 16.4 Å². The molecule has 0 unspecified atom stereocenters. The summed E-state index contributed by atoms with van der Waals surface area (Å²) in [6.07, 6.45) is 0. The molecule has 0 bridgehead atoms. The van der Waals surface area contributed by atoms with Gasteiger partial charge in [-0.05, 0) is 24.3 Å². The summed E-state index contributed by atoms with van der Waals surface area (Å²) in [5, 5.41) is 13.2. The molecule has 0 aliphatic carbocycles. The lowest BCUT2D eigenvalue weighted by Crippen LogP contribution is -2.22. The molecule has 2 aromatic rings. The van der Waals surface area contributed by atoms with E-state index in [0.29, 0.717) is 5.02 Å². The van der Waals surface area contributed by atoms with Gasteiger partial charge in [-0.2, -0.15) is 9.78 Å². The van der Waals surface area contributed by atoms with Gasteiger partial charge in [0.05, 0.1) is 10.7 Å². The van der Waals surface area contributed by atoms with E-state index >= 15 is 0 Å². The Morgan fingerprint density at radius 1 is 1.22 bits per heavy atom. The van der Waals surface area contributed by atoms with Crippen LogP contribution in [0.2, 0.25) is 10.0 Å². The average molecular weight is 285 g/mol. The van der Waals surface area contributed by atoms with Crippen molar-refractivity contribution < 1.29 is 9.90 Å². The molecule has 2 rings (SSSR count). The number of hydrogen-bond donors (Lipinski definition) is 1. The van der Waals surface area contributed by atoms with Crippen LogP contribution in [0.4, 0.5) is 0 Å². The van der Waals surface area contributed by atoms with Crippen molar-refractivity contribution in [1.29, 1.82) is 0 Å². The van der Waals surface area contributed by atoms with Crippen LogP contribution in [-0.2, 0) is 0 Å². The Hall–Kier alpha value is -1.85. The van der Waals surface area contributed by atoms with Crippen LogP contribution in [0.5, 0.6) is 0 Å². The summed E-state index contributed by atoms with van der Waals surface area (Å²) in [5.41, 5.74) is -0.459. The summed E-state index contributed by atoms with van der Waals surface area (Å²) in [5.74, 6) is -1.23. The summed E-state index contributed by atoms with van der Waals surface area (Å²) >= 11 is 11.7. The fourth-order valence-corrected chi connectivity index (χ4v) is 1.84. The summed E-state index contributed by atoms with van der Waals surface area (Å²) in [7, 11) is 0. The highest BCUT2D eigenvalue weighted by Gasteiger charge is 2.11. The third-order valence-electron chi connectivity index (χ3n) is 2.16. The molecule has 0 radical (unpaired) electrons. The summed E-state index contributed by atoms with van der Waals surface area (Å²) in [4.78, 5) is 22.5. The van der Waals surface area contributed by atoms with Crippen molar-refractivity contribution in [2.45, 2.75) is 0 Å². The molecule has 92 valence electrons. The molecule has 1 aromatic heterocycles. The molecular formula is C11H6Cl2N2O3. The molecule has 5 nitrogen and oxygen atoms in total. The molecule has 1 heterocycles. The number of hydrogen-bond acceptors (Lipinski definition) is 3. The Labute approximate surface area is 111 Å². The number of benzene rings is 1. The van der Waals surface area contributed by atoms with Gasteiger partial charge >= 0.3 is 5.97 Å². The lowest BCUT2D eigenvalue weighted by atomic mass is 10.3. The van der Waals surface area contributed by atoms with E-state index in [1.807, 2.05) is 0 Å². The van der Waals surface area contributed by atoms with Gasteiger partial charge in [-0.3, -0.25) is 4.79 Å². The summed E-state index contributed by atoms with van der Waals surface area (Å²) in [6.45, 7) is 0. The van der Waals surface area contributed by atoms with Crippen molar-refractivity contribution >= 4 is 29.2 Å². The Kier molecular flexibility index (Phi) is 3.36. The molecule has 18 heavy (non-hydrogen) atoms. The topological polar surface area (TPSA) is 72.2 Å². The Morgan fingerprint density at radius 2 is 1.94 bits per heavy atom. The van der Waals surface area contributed by atoms with Crippen LogP contribution in [0, 0.1) is 0 Å². The highest BCUT2D eigenvalue weighted by molar-refractivity contribution is 6.35. The highest BCUT2D eigenvalue weighted by Crippen LogP contribution is 2.22. The number of aromatic nitrogens is 2. The number of carboxylic acids is 1. The Bertz CT molecular complexity index is 682. The predicted molar refractivity (Wildman–Crippen MR) is 66.8 cm³/mol. The second kappa shape index (κ2) is 4.80. The van der Waals surface area contributed by atoms with E-state index in [4.69, 9.17) is 28.3 Å². The van der Waals surface area contributed by atoms with Crippen molar-refractivity contribution in [1.82, 2.24) is 9.78 Å².